The number of nitrogens with one attached hydrogen (secondary N) is 2. The molecule has 2 aromatic carbocycles. The predicted molar refractivity (Wildman–Crippen MR) is 112 cm³/mol. The first-order valence-electron chi connectivity index (χ1n) is 10.3. The lowest BCUT2D eigenvalue weighted by atomic mass is 9.96. The molecule has 0 spiro atoms. The van der Waals surface area contributed by atoms with E-state index in [2.05, 4.69) is 34.5 Å². The van der Waals surface area contributed by atoms with Crippen molar-refractivity contribution in [2.24, 2.45) is 5.92 Å². The number of likely N-dealkylation sites (tertiary alicyclic amines) is 1. The minimum absolute atomic E-state index is 0.0414. The van der Waals surface area contributed by atoms with Crippen molar-refractivity contribution in [1.29, 1.82) is 0 Å². The Labute approximate surface area is 172 Å². The molecule has 0 radical (unpaired) electrons. The molecule has 6 nitrogen and oxygen atoms in total. The summed E-state index contributed by atoms with van der Waals surface area (Å²) in [6, 6.07) is 18.0. The highest BCUT2D eigenvalue weighted by Crippen LogP contribution is 2.18. The highest BCUT2D eigenvalue weighted by molar-refractivity contribution is 5.94. The molecule has 0 bridgehead atoms. The minimum atomic E-state index is -0.933. The number of hydrogen-bond donors (Lipinski definition) is 4. The zero-order valence-electron chi connectivity index (χ0n) is 16.8. The molecule has 4 N–H and O–H groups in total. The molecule has 0 aromatic heterocycles. The van der Waals surface area contributed by atoms with Gasteiger partial charge in [0.2, 0.25) is 0 Å². The van der Waals surface area contributed by atoms with Gasteiger partial charge in [0.1, 0.15) is 6.23 Å². The Bertz CT molecular complexity index is 744. The number of hydroxylamine groups is 1. The van der Waals surface area contributed by atoms with Gasteiger partial charge in [0.05, 0.1) is 0 Å². The summed E-state index contributed by atoms with van der Waals surface area (Å²) in [6.07, 6.45) is 2.31. The molecule has 1 amide bonds. The summed E-state index contributed by atoms with van der Waals surface area (Å²) in [5.74, 6) is 0.484. The van der Waals surface area contributed by atoms with Crippen molar-refractivity contribution in [2.45, 2.75) is 38.5 Å². The number of benzene rings is 2. The van der Waals surface area contributed by atoms with Crippen molar-refractivity contribution in [1.82, 2.24) is 15.7 Å². The highest BCUT2D eigenvalue weighted by Gasteiger charge is 2.20. The topological polar surface area (TPSA) is 84.8 Å². The van der Waals surface area contributed by atoms with E-state index < -0.39 is 6.23 Å². The molecule has 0 aliphatic carbocycles. The number of amides is 1. The third-order valence-corrected chi connectivity index (χ3v) is 5.58. The SMILES string of the molecule is O=C(NCC1CCN(Cc2ccccc2)CC1)c1ccc(CCC(O)NO)cc1. The number of carbonyl (C=O) groups is 1. The first-order valence-corrected chi connectivity index (χ1v) is 10.3. The standard InChI is InChI=1S/C23H31N3O3/c27-22(25-29)11-8-18-6-9-21(10-7-18)23(28)24-16-19-12-14-26(15-13-19)17-20-4-2-1-3-5-20/h1-7,9-10,19,22,25,27,29H,8,11-17H2,(H,24,28). The molecule has 1 aliphatic heterocycles. The zero-order chi connectivity index (χ0) is 20.5. The molecular formula is C23H31N3O3. The molecule has 0 saturated carbocycles. The first-order chi connectivity index (χ1) is 14.1. The smallest absolute Gasteiger partial charge is 0.251 e. The van der Waals surface area contributed by atoms with E-state index in [4.69, 9.17) is 5.21 Å². The van der Waals surface area contributed by atoms with Crippen molar-refractivity contribution in [3.8, 4) is 0 Å². The lowest BCUT2D eigenvalue weighted by molar-refractivity contribution is -0.00230. The number of hydrogen-bond acceptors (Lipinski definition) is 5. The van der Waals surface area contributed by atoms with Crippen LogP contribution in [0.3, 0.4) is 0 Å². The van der Waals surface area contributed by atoms with Crippen molar-refractivity contribution < 1.29 is 15.1 Å². The molecule has 1 unspecified atom stereocenters. The Morgan fingerprint density at radius 2 is 1.72 bits per heavy atom. The largest absolute Gasteiger partial charge is 0.377 e. The summed E-state index contributed by atoms with van der Waals surface area (Å²) >= 11 is 0. The van der Waals surface area contributed by atoms with Gasteiger partial charge in [0, 0.05) is 18.7 Å². The van der Waals surface area contributed by atoms with Gasteiger partial charge in [-0.2, -0.15) is 5.48 Å². The maximum absolute atomic E-state index is 12.4. The second-order valence-corrected chi connectivity index (χ2v) is 7.80. The van der Waals surface area contributed by atoms with E-state index in [1.165, 1.54) is 5.56 Å². The van der Waals surface area contributed by atoms with Crippen LogP contribution in [0.15, 0.2) is 54.6 Å². The second-order valence-electron chi connectivity index (χ2n) is 7.80. The van der Waals surface area contributed by atoms with E-state index in [0.29, 0.717) is 30.9 Å². The van der Waals surface area contributed by atoms with E-state index in [0.717, 1.165) is 38.0 Å². The number of aliphatic hydroxyl groups is 1. The normalized spacial score (nSPS) is 16.5. The van der Waals surface area contributed by atoms with Gasteiger partial charge in [-0.3, -0.25) is 9.69 Å². The lowest BCUT2D eigenvalue weighted by Gasteiger charge is -2.32. The van der Waals surface area contributed by atoms with E-state index >= 15 is 0 Å². The van der Waals surface area contributed by atoms with Crippen molar-refractivity contribution in [3.05, 3.63) is 71.3 Å². The Morgan fingerprint density at radius 1 is 1.03 bits per heavy atom. The molecular weight excluding hydrogens is 366 g/mol. The number of piperidine rings is 1. The van der Waals surface area contributed by atoms with Crippen LogP contribution in [0.1, 0.15) is 40.7 Å². The van der Waals surface area contributed by atoms with Crippen LogP contribution in [0.25, 0.3) is 0 Å². The van der Waals surface area contributed by atoms with Crippen molar-refractivity contribution in [3.63, 3.8) is 0 Å². The molecule has 1 atom stereocenters. The third-order valence-electron chi connectivity index (χ3n) is 5.58. The summed E-state index contributed by atoms with van der Waals surface area (Å²) in [5, 5.41) is 21.0. The zero-order valence-corrected chi connectivity index (χ0v) is 16.8. The van der Waals surface area contributed by atoms with E-state index in [9.17, 15) is 9.90 Å². The van der Waals surface area contributed by atoms with Crippen LogP contribution >= 0.6 is 0 Å². The molecule has 6 heteroatoms. The molecule has 3 rings (SSSR count). The van der Waals surface area contributed by atoms with Crippen molar-refractivity contribution in [2.75, 3.05) is 19.6 Å². The maximum Gasteiger partial charge on any atom is 0.251 e. The fourth-order valence-electron chi connectivity index (χ4n) is 3.72. The van der Waals surface area contributed by atoms with E-state index in [1.54, 1.807) is 0 Å². The Kier molecular flexibility index (Phi) is 8.19. The molecule has 1 saturated heterocycles. The van der Waals surface area contributed by atoms with Gasteiger partial charge >= 0.3 is 0 Å². The number of rotatable bonds is 9. The van der Waals surface area contributed by atoms with E-state index in [-0.39, 0.29) is 5.91 Å². The highest BCUT2D eigenvalue weighted by atomic mass is 16.5. The predicted octanol–water partition coefficient (Wildman–Crippen LogP) is 2.56. The average Bonchev–Trinajstić information content (AvgIpc) is 2.78. The molecule has 1 fully saturated rings. The Balaban J connectivity index is 1.37. The van der Waals surface area contributed by atoms with Crippen LogP contribution in [-0.4, -0.2) is 47.0 Å². The van der Waals surface area contributed by atoms with Gasteiger partial charge < -0.3 is 15.6 Å². The lowest BCUT2D eigenvalue weighted by Crippen LogP contribution is -2.38. The van der Waals surface area contributed by atoms with Gasteiger partial charge in [-0.1, -0.05) is 42.5 Å². The van der Waals surface area contributed by atoms with Crippen LogP contribution in [-0.2, 0) is 13.0 Å². The number of nitrogens with zero attached hydrogens (tertiary/aromatic N) is 1. The fraction of sp³-hybridized carbons (Fsp3) is 0.435. The first kappa shape index (κ1) is 21.5. The molecule has 2 aromatic rings. The van der Waals surface area contributed by atoms with Gasteiger partial charge in [-0.25, -0.2) is 0 Å². The Hall–Kier alpha value is -2.25. The number of aryl methyl sites for hydroxylation is 1. The summed E-state index contributed by atoms with van der Waals surface area (Å²) in [6.45, 7) is 3.85. The summed E-state index contributed by atoms with van der Waals surface area (Å²) < 4.78 is 0. The van der Waals surface area contributed by atoms with Crippen LogP contribution in [0.2, 0.25) is 0 Å². The quantitative estimate of drug-likeness (QED) is 0.386. The molecule has 1 aliphatic rings. The van der Waals surface area contributed by atoms with Crippen LogP contribution in [0, 0.1) is 5.92 Å². The number of aliphatic hydroxyl groups excluding tert-OH is 1. The van der Waals surface area contributed by atoms with Gasteiger partial charge in [0.15, 0.2) is 0 Å². The maximum atomic E-state index is 12.4. The minimum Gasteiger partial charge on any atom is -0.377 e. The summed E-state index contributed by atoms with van der Waals surface area (Å²) in [4.78, 5) is 14.9. The fourth-order valence-corrected chi connectivity index (χ4v) is 3.72. The van der Waals surface area contributed by atoms with Gasteiger partial charge in [-0.05, 0) is 68.0 Å². The van der Waals surface area contributed by atoms with Gasteiger partial charge in [0.25, 0.3) is 5.91 Å². The summed E-state index contributed by atoms with van der Waals surface area (Å²) in [5.41, 5.74) is 4.83. The molecule has 1 heterocycles. The monoisotopic (exact) mass is 397 g/mol. The van der Waals surface area contributed by atoms with Gasteiger partial charge in [-0.15, -0.1) is 0 Å². The third kappa shape index (κ3) is 6.94. The van der Waals surface area contributed by atoms with E-state index in [1.807, 2.05) is 35.8 Å². The number of carbonyl (C=O) groups excluding carboxylic acids is 1. The van der Waals surface area contributed by atoms with Crippen LogP contribution in [0.4, 0.5) is 0 Å². The van der Waals surface area contributed by atoms with Crippen LogP contribution < -0.4 is 10.8 Å². The summed E-state index contributed by atoms with van der Waals surface area (Å²) in [7, 11) is 0. The Morgan fingerprint density at radius 3 is 2.38 bits per heavy atom. The molecule has 156 valence electrons. The van der Waals surface area contributed by atoms with Crippen molar-refractivity contribution >= 4 is 5.91 Å². The van der Waals surface area contributed by atoms with Crippen LogP contribution in [0.5, 0.6) is 0 Å². The second kappa shape index (κ2) is 11.1. The average molecular weight is 398 g/mol. The molecule has 29 heavy (non-hydrogen) atoms.